The summed E-state index contributed by atoms with van der Waals surface area (Å²) in [6.07, 6.45) is 5.18. The quantitative estimate of drug-likeness (QED) is 0.856. The molecule has 2 nitrogen and oxygen atoms in total. The summed E-state index contributed by atoms with van der Waals surface area (Å²) in [6, 6.07) is 11.0. The largest absolute Gasteiger partial charge is 0.364 e. The van der Waals surface area contributed by atoms with Gasteiger partial charge in [0, 0.05) is 30.4 Å². The van der Waals surface area contributed by atoms with Crippen molar-refractivity contribution >= 4 is 5.69 Å². The average molecular weight is 244 g/mol. The predicted molar refractivity (Wildman–Crippen MR) is 77.2 cm³/mol. The molecule has 0 bridgehead atoms. The van der Waals surface area contributed by atoms with E-state index in [1.807, 2.05) is 0 Å². The first-order valence-electron chi connectivity index (χ1n) is 7.39. The number of benzene rings is 1. The van der Waals surface area contributed by atoms with Crippen molar-refractivity contribution in [3.8, 4) is 0 Å². The van der Waals surface area contributed by atoms with Gasteiger partial charge in [0.15, 0.2) is 0 Å². The van der Waals surface area contributed by atoms with Gasteiger partial charge in [0.05, 0.1) is 0 Å². The molecular formula is C16H24N2. The highest BCUT2D eigenvalue weighted by Crippen LogP contribution is 2.34. The number of hydrogen-bond donors (Lipinski definition) is 1. The molecule has 1 fully saturated rings. The van der Waals surface area contributed by atoms with Crippen LogP contribution in [0.5, 0.6) is 0 Å². The number of anilines is 1. The maximum absolute atomic E-state index is 3.69. The number of fused-ring (bicyclic) bond motifs is 1. The molecule has 1 N–H and O–H groups in total. The van der Waals surface area contributed by atoms with Crippen LogP contribution in [0.1, 0.15) is 38.7 Å². The van der Waals surface area contributed by atoms with E-state index < -0.39 is 0 Å². The van der Waals surface area contributed by atoms with Crippen LogP contribution in [0.3, 0.4) is 0 Å². The SMILES string of the molecule is CCC(CNC1CC1)N1c2ccccc2CC1C. The minimum atomic E-state index is 0.643. The summed E-state index contributed by atoms with van der Waals surface area (Å²) < 4.78 is 0. The van der Waals surface area contributed by atoms with Gasteiger partial charge in [-0.05, 0) is 44.2 Å². The van der Waals surface area contributed by atoms with Gasteiger partial charge in [-0.1, -0.05) is 25.1 Å². The van der Waals surface area contributed by atoms with Gasteiger partial charge >= 0.3 is 0 Å². The molecule has 1 heterocycles. The second kappa shape index (κ2) is 4.93. The minimum absolute atomic E-state index is 0.643. The molecule has 1 aromatic rings. The van der Waals surface area contributed by atoms with Crippen LogP contribution in [0.4, 0.5) is 5.69 Å². The predicted octanol–water partition coefficient (Wildman–Crippen LogP) is 2.97. The summed E-state index contributed by atoms with van der Waals surface area (Å²) in [5.41, 5.74) is 2.99. The zero-order chi connectivity index (χ0) is 12.5. The Kier molecular flexibility index (Phi) is 3.29. The van der Waals surface area contributed by atoms with Crippen molar-refractivity contribution in [3.05, 3.63) is 29.8 Å². The van der Waals surface area contributed by atoms with E-state index in [9.17, 15) is 0 Å². The van der Waals surface area contributed by atoms with Crippen molar-refractivity contribution in [1.29, 1.82) is 0 Å². The summed E-state index contributed by atoms with van der Waals surface area (Å²) in [4.78, 5) is 2.64. The zero-order valence-electron chi connectivity index (χ0n) is 11.5. The fourth-order valence-corrected chi connectivity index (χ4v) is 3.18. The molecule has 2 unspecified atom stereocenters. The third-order valence-electron chi connectivity index (χ3n) is 4.34. The Labute approximate surface area is 110 Å². The summed E-state index contributed by atoms with van der Waals surface area (Å²) in [5.74, 6) is 0. The number of para-hydroxylation sites is 1. The number of hydrogen-bond acceptors (Lipinski definition) is 2. The second-order valence-electron chi connectivity index (χ2n) is 5.83. The molecular weight excluding hydrogens is 220 g/mol. The highest BCUT2D eigenvalue weighted by atomic mass is 15.2. The maximum atomic E-state index is 3.69. The Morgan fingerprint density at radius 2 is 2.11 bits per heavy atom. The maximum Gasteiger partial charge on any atom is 0.0415 e. The summed E-state index contributed by atoms with van der Waals surface area (Å²) in [5, 5.41) is 3.69. The molecule has 0 aromatic heterocycles. The monoisotopic (exact) mass is 244 g/mol. The third-order valence-corrected chi connectivity index (χ3v) is 4.34. The first kappa shape index (κ1) is 12.0. The fraction of sp³-hybridized carbons (Fsp3) is 0.625. The molecule has 1 saturated carbocycles. The highest BCUT2D eigenvalue weighted by Gasteiger charge is 2.31. The summed E-state index contributed by atoms with van der Waals surface area (Å²) in [6.45, 7) is 5.81. The molecule has 3 rings (SSSR count). The average Bonchev–Trinajstić information content (AvgIpc) is 3.14. The summed E-state index contributed by atoms with van der Waals surface area (Å²) in [7, 11) is 0. The van der Waals surface area contributed by atoms with E-state index in [1.54, 1.807) is 0 Å². The highest BCUT2D eigenvalue weighted by molar-refractivity contribution is 5.60. The Hall–Kier alpha value is -1.02. The lowest BCUT2D eigenvalue weighted by Gasteiger charge is -2.34. The van der Waals surface area contributed by atoms with E-state index in [1.165, 1.54) is 36.9 Å². The summed E-state index contributed by atoms with van der Waals surface area (Å²) >= 11 is 0. The smallest absolute Gasteiger partial charge is 0.0415 e. The van der Waals surface area contributed by atoms with Gasteiger partial charge in [-0.25, -0.2) is 0 Å². The first-order chi connectivity index (χ1) is 8.79. The zero-order valence-corrected chi connectivity index (χ0v) is 11.5. The lowest BCUT2D eigenvalue weighted by atomic mass is 10.1. The van der Waals surface area contributed by atoms with Crippen LogP contribution in [0.25, 0.3) is 0 Å². The van der Waals surface area contributed by atoms with Gasteiger partial charge in [-0.3, -0.25) is 0 Å². The van der Waals surface area contributed by atoms with E-state index in [4.69, 9.17) is 0 Å². The minimum Gasteiger partial charge on any atom is -0.364 e. The molecule has 2 heteroatoms. The van der Waals surface area contributed by atoms with Crippen LogP contribution in [-0.4, -0.2) is 24.7 Å². The number of nitrogens with zero attached hydrogens (tertiary/aromatic N) is 1. The lowest BCUT2D eigenvalue weighted by molar-refractivity contribution is 0.489. The van der Waals surface area contributed by atoms with Gasteiger partial charge in [0.2, 0.25) is 0 Å². The number of rotatable bonds is 5. The van der Waals surface area contributed by atoms with Crippen molar-refractivity contribution in [2.75, 3.05) is 11.4 Å². The van der Waals surface area contributed by atoms with Gasteiger partial charge in [0.25, 0.3) is 0 Å². The van der Waals surface area contributed by atoms with E-state index in [0.29, 0.717) is 12.1 Å². The Morgan fingerprint density at radius 1 is 1.33 bits per heavy atom. The Morgan fingerprint density at radius 3 is 2.83 bits per heavy atom. The van der Waals surface area contributed by atoms with Crippen molar-refractivity contribution in [3.63, 3.8) is 0 Å². The molecule has 0 spiro atoms. The molecule has 0 radical (unpaired) electrons. The van der Waals surface area contributed by atoms with Crippen LogP contribution in [0.2, 0.25) is 0 Å². The first-order valence-corrected chi connectivity index (χ1v) is 7.39. The second-order valence-corrected chi connectivity index (χ2v) is 5.83. The molecule has 0 amide bonds. The molecule has 2 aliphatic rings. The van der Waals surface area contributed by atoms with Crippen LogP contribution in [0.15, 0.2) is 24.3 Å². The van der Waals surface area contributed by atoms with E-state index in [2.05, 4.69) is 48.3 Å². The molecule has 1 aliphatic carbocycles. The molecule has 98 valence electrons. The van der Waals surface area contributed by atoms with E-state index in [0.717, 1.165) is 12.6 Å². The normalized spacial score (nSPS) is 24.1. The fourth-order valence-electron chi connectivity index (χ4n) is 3.18. The number of nitrogens with one attached hydrogen (secondary N) is 1. The Bertz CT molecular complexity index is 411. The van der Waals surface area contributed by atoms with Gasteiger partial charge < -0.3 is 10.2 Å². The molecule has 18 heavy (non-hydrogen) atoms. The standard InChI is InChI=1S/C16H24N2/c1-3-15(11-17-14-8-9-14)18-12(2)10-13-6-4-5-7-16(13)18/h4-7,12,14-15,17H,3,8-11H2,1-2H3. The Balaban J connectivity index is 1.75. The van der Waals surface area contributed by atoms with E-state index >= 15 is 0 Å². The van der Waals surface area contributed by atoms with Gasteiger partial charge in [-0.2, -0.15) is 0 Å². The topological polar surface area (TPSA) is 15.3 Å². The van der Waals surface area contributed by atoms with Gasteiger partial charge in [0.1, 0.15) is 0 Å². The van der Waals surface area contributed by atoms with E-state index in [-0.39, 0.29) is 0 Å². The molecule has 2 atom stereocenters. The van der Waals surface area contributed by atoms with Crippen molar-refractivity contribution < 1.29 is 0 Å². The van der Waals surface area contributed by atoms with Crippen molar-refractivity contribution in [2.24, 2.45) is 0 Å². The van der Waals surface area contributed by atoms with Crippen LogP contribution in [0, 0.1) is 0 Å². The molecule has 0 saturated heterocycles. The van der Waals surface area contributed by atoms with Crippen molar-refractivity contribution in [2.45, 2.75) is 57.7 Å². The van der Waals surface area contributed by atoms with Crippen LogP contribution >= 0.6 is 0 Å². The molecule has 1 aromatic carbocycles. The third kappa shape index (κ3) is 2.26. The van der Waals surface area contributed by atoms with Crippen LogP contribution in [-0.2, 0) is 6.42 Å². The lowest BCUT2D eigenvalue weighted by Crippen LogP contribution is -2.45. The molecule has 1 aliphatic heterocycles. The van der Waals surface area contributed by atoms with Gasteiger partial charge in [-0.15, -0.1) is 0 Å². The van der Waals surface area contributed by atoms with Crippen LogP contribution < -0.4 is 10.2 Å². The van der Waals surface area contributed by atoms with Crippen molar-refractivity contribution in [1.82, 2.24) is 5.32 Å².